The molecule has 1 saturated carbocycles. The van der Waals surface area contributed by atoms with Crippen molar-refractivity contribution in [2.75, 3.05) is 6.54 Å². The molecule has 3 rings (SSSR count). The Bertz CT molecular complexity index is 518. The molecular formula is C19H26N2. The third-order valence-corrected chi connectivity index (χ3v) is 4.64. The van der Waals surface area contributed by atoms with Crippen molar-refractivity contribution >= 4 is 6.08 Å². The minimum absolute atomic E-state index is 0.614. The molecule has 1 aliphatic heterocycles. The summed E-state index contributed by atoms with van der Waals surface area (Å²) in [6.07, 6.45) is 7.12. The first-order valence-electron chi connectivity index (χ1n) is 8.19. The monoisotopic (exact) mass is 282 g/mol. The maximum atomic E-state index is 4.06. The van der Waals surface area contributed by atoms with E-state index in [0.717, 1.165) is 25.3 Å². The summed E-state index contributed by atoms with van der Waals surface area (Å²) in [5.41, 5.74) is 4.10. The van der Waals surface area contributed by atoms with Crippen molar-refractivity contribution in [1.82, 2.24) is 10.6 Å². The fraction of sp³-hybridized carbons (Fsp3) is 0.474. The van der Waals surface area contributed by atoms with E-state index >= 15 is 0 Å². The molecule has 3 atom stereocenters. The Balaban J connectivity index is 1.58. The van der Waals surface area contributed by atoms with Gasteiger partial charge in [0, 0.05) is 30.7 Å². The number of piperidine rings is 1. The highest BCUT2D eigenvalue weighted by Gasteiger charge is 2.40. The van der Waals surface area contributed by atoms with Gasteiger partial charge >= 0.3 is 0 Å². The highest BCUT2D eigenvalue weighted by Crippen LogP contribution is 2.40. The molecular weight excluding hydrogens is 256 g/mol. The molecule has 1 aromatic carbocycles. The molecule has 2 fully saturated rings. The molecule has 0 spiro atoms. The minimum Gasteiger partial charge on any atom is -0.389 e. The normalized spacial score (nSPS) is 29.1. The zero-order valence-corrected chi connectivity index (χ0v) is 12.9. The molecule has 1 heterocycles. The molecule has 1 aromatic rings. The van der Waals surface area contributed by atoms with Gasteiger partial charge in [-0.2, -0.15) is 0 Å². The van der Waals surface area contributed by atoms with Crippen LogP contribution in [-0.2, 0) is 0 Å². The van der Waals surface area contributed by atoms with E-state index in [2.05, 4.69) is 60.5 Å². The number of hydrogen-bond acceptors (Lipinski definition) is 2. The lowest BCUT2D eigenvalue weighted by atomic mass is 10.0. The van der Waals surface area contributed by atoms with Gasteiger partial charge in [-0.15, -0.1) is 0 Å². The number of hydrogen-bond donors (Lipinski definition) is 2. The minimum atomic E-state index is 0.614. The van der Waals surface area contributed by atoms with E-state index < -0.39 is 0 Å². The van der Waals surface area contributed by atoms with Crippen molar-refractivity contribution in [3.8, 4) is 0 Å². The van der Waals surface area contributed by atoms with E-state index in [4.69, 9.17) is 0 Å². The summed E-state index contributed by atoms with van der Waals surface area (Å²) in [5, 5.41) is 7.17. The highest BCUT2D eigenvalue weighted by molar-refractivity contribution is 5.54. The Morgan fingerprint density at radius 3 is 2.90 bits per heavy atom. The SMILES string of the molecule is C=C1CC(N[C@@H]2C[C@H]2/C(=C/c2ccccc2)CC)CCN1. The van der Waals surface area contributed by atoms with Crippen LogP contribution in [-0.4, -0.2) is 18.6 Å². The fourth-order valence-electron chi connectivity index (χ4n) is 3.36. The topological polar surface area (TPSA) is 24.1 Å². The summed E-state index contributed by atoms with van der Waals surface area (Å²) in [4.78, 5) is 0. The number of benzene rings is 1. The van der Waals surface area contributed by atoms with Gasteiger partial charge in [-0.3, -0.25) is 0 Å². The Morgan fingerprint density at radius 1 is 1.38 bits per heavy atom. The lowest BCUT2D eigenvalue weighted by Gasteiger charge is -2.26. The van der Waals surface area contributed by atoms with Crippen molar-refractivity contribution in [2.45, 2.75) is 44.7 Å². The molecule has 0 bridgehead atoms. The Kier molecular flexibility index (Phi) is 4.45. The Hall–Kier alpha value is -1.54. The standard InChI is InChI=1S/C19H26N2/c1-3-16(12-15-7-5-4-6-8-15)18-13-19(18)21-17-9-10-20-14(2)11-17/h4-8,12,17-21H,2-3,9-11,13H2,1H3/b16-12+/t17?,18-,19+/m0/s1. The van der Waals surface area contributed by atoms with Gasteiger partial charge in [-0.05, 0) is 30.7 Å². The van der Waals surface area contributed by atoms with Crippen LogP contribution in [0.5, 0.6) is 0 Å². The largest absolute Gasteiger partial charge is 0.389 e. The third kappa shape index (κ3) is 3.76. The van der Waals surface area contributed by atoms with Crippen LogP contribution in [0.1, 0.15) is 38.2 Å². The van der Waals surface area contributed by atoms with Crippen molar-refractivity contribution in [3.05, 3.63) is 53.7 Å². The second kappa shape index (κ2) is 6.48. The van der Waals surface area contributed by atoms with Gasteiger partial charge in [0.1, 0.15) is 0 Å². The molecule has 2 aliphatic rings. The second-order valence-corrected chi connectivity index (χ2v) is 6.32. The second-order valence-electron chi connectivity index (χ2n) is 6.32. The predicted molar refractivity (Wildman–Crippen MR) is 89.9 cm³/mol. The van der Waals surface area contributed by atoms with E-state index in [1.165, 1.54) is 24.1 Å². The maximum Gasteiger partial charge on any atom is 0.0158 e. The summed E-state index contributed by atoms with van der Waals surface area (Å²) >= 11 is 0. The number of nitrogens with one attached hydrogen (secondary N) is 2. The highest BCUT2D eigenvalue weighted by atomic mass is 15.0. The van der Waals surface area contributed by atoms with Gasteiger partial charge in [0.2, 0.25) is 0 Å². The van der Waals surface area contributed by atoms with E-state index in [1.807, 2.05) is 0 Å². The third-order valence-electron chi connectivity index (χ3n) is 4.64. The molecule has 112 valence electrons. The molecule has 1 aliphatic carbocycles. The smallest absolute Gasteiger partial charge is 0.0158 e. The zero-order valence-electron chi connectivity index (χ0n) is 12.9. The van der Waals surface area contributed by atoms with Gasteiger partial charge in [0.05, 0.1) is 0 Å². The first-order chi connectivity index (χ1) is 10.3. The molecule has 0 amide bonds. The van der Waals surface area contributed by atoms with Crippen LogP contribution in [0.4, 0.5) is 0 Å². The van der Waals surface area contributed by atoms with Gasteiger partial charge in [0.15, 0.2) is 0 Å². The first kappa shape index (κ1) is 14.4. The van der Waals surface area contributed by atoms with Gasteiger partial charge in [-0.25, -0.2) is 0 Å². The average molecular weight is 282 g/mol. The number of rotatable bonds is 5. The van der Waals surface area contributed by atoms with E-state index in [-0.39, 0.29) is 0 Å². The van der Waals surface area contributed by atoms with Crippen molar-refractivity contribution in [1.29, 1.82) is 0 Å². The average Bonchev–Trinajstić information content (AvgIpc) is 3.25. The molecule has 21 heavy (non-hydrogen) atoms. The van der Waals surface area contributed by atoms with E-state index in [9.17, 15) is 0 Å². The van der Waals surface area contributed by atoms with Crippen LogP contribution >= 0.6 is 0 Å². The van der Waals surface area contributed by atoms with Gasteiger partial charge in [-0.1, -0.05) is 55.5 Å². The Labute approximate surface area is 128 Å². The molecule has 0 aromatic heterocycles. The van der Waals surface area contributed by atoms with Crippen LogP contribution in [0, 0.1) is 5.92 Å². The van der Waals surface area contributed by atoms with E-state index in [0.29, 0.717) is 12.1 Å². The molecule has 1 unspecified atom stereocenters. The molecule has 2 heteroatoms. The van der Waals surface area contributed by atoms with Crippen LogP contribution in [0.3, 0.4) is 0 Å². The molecule has 0 radical (unpaired) electrons. The van der Waals surface area contributed by atoms with Crippen LogP contribution in [0.25, 0.3) is 6.08 Å². The zero-order chi connectivity index (χ0) is 14.7. The lowest BCUT2D eigenvalue weighted by Crippen LogP contribution is -2.40. The van der Waals surface area contributed by atoms with E-state index in [1.54, 1.807) is 5.57 Å². The fourth-order valence-corrected chi connectivity index (χ4v) is 3.36. The summed E-state index contributed by atoms with van der Waals surface area (Å²) in [7, 11) is 0. The maximum absolute atomic E-state index is 4.06. The molecule has 2 N–H and O–H groups in total. The molecule has 1 saturated heterocycles. The van der Waals surface area contributed by atoms with Crippen LogP contribution in [0.2, 0.25) is 0 Å². The predicted octanol–water partition coefficient (Wildman–Crippen LogP) is 3.72. The quantitative estimate of drug-likeness (QED) is 0.860. The van der Waals surface area contributed by atoms with Crippen LogP contribution in [0.15, 0.2) is 48.2 Å². The Morgan fingerprint density at radius 2 is 2.19 bits per heavy atom. The summed E-state index contributed by atoms with van der Waals surface area (Å²) in [6, 6.07) is 12.0. The first-order valence-corrected chi connectivity index (χ1v) is 8.19. The summed E-state index contributed by atoms with van der Waals surface area (Å²) < 4.78 is 0. The van der Waals surface area contributed by atoms with Gasteiger partial charge in [0.25, 0.3) is 0 Å². The van der Waals surface area contributed by atoms with Crippen LogP contribution < -0.4 is 10.6 Å². The molecule has 2 nitrogen and oxygen atoms in total. The summed E-state index contributed by atoms with van der Waals surface area (Å²) in [5.74, 6) is 0.735. The van der Waals surface area contributed by atoms with Gasteiger partial charge < -0.3 is 10.6 Å². The summed E-state index contributed by atoms with van der Waals surface area (Å²) in [6.45, 7) is 7.39. The van der Waals surface area contributed by atoms with Crippen molar-refractivity contribution < 1.29 is 0 Å². The lowest BCUT2D eigenvalue weighted by molar-refractivity contribution is 0.417. The van der Waals surface area contributed by atoms with Crippen molar-refractivity contribution in [2.24, 2.45) is 5.92 Å². The van der Waals surface area contributed by atoms with Crippen molar-refractivity contribution in [3.63, 3.8) is 0 Å².